The van der Waals surface area contributed by atoms with Crippen LogP contribution >= 0.6 is 11.6 Å². The van der Waals surface area contributed by atoms with Crippen LogP contribution in [0.3, 0.4) is 0 Å². The lowest BCUT2D eigenvalue weighted by atomic mass is 10.1. The molecule has 21 heavy (non-hydrogen) atoms. The van der Waals surface area contributed by atoms with Crippen molar-refractivity contribution in [3.63, 3.8) is 0 Å². The van der Waals surface area contributed by atoms with Gasteiger partial charge in [-0.2, -0.15) is 0 Å². The highest BCUT2D eigenvalue weighted by Gasteiger charge is 2.59. The molecule has 2 fully saturated rings. The average Bonchev–Trinajstić information content (AvgIpc) is 3.21. The number of carbonyl (C=O) groups is 1. The third kappa shape index (κ3) is 2.80. The van der Waals surface area contributed by atoms with Crippen LogP contribution in [0.25, 0.3) is 0 Å². The molecule has 4 nitrogen and oxygen atoms in total. The molecular formula is C16H22ClN3O. The summed E-state index contributed by atoms with van der Waals surface area (Å²) in [7, 11) is 2.08. The lowest BCUT2D eigenvalue weighted by Gasteiger charge is -2.26. The molecule has 1 aromatic rings. The van der Waals surface area contributed by atoms with Gasteiger partial charge in [0.05, 0.1) is 0 Å². The van der Waals surface area contributed by atoms with Gasteiger partial charge in [0, 0.05) is 18.1 Å². The summed E-state index contributed by atoms with van der Waals surface area (Å²) in [5, 5.41) is 4.26. The highest BCUT2D eigenvalue weighted by molar-refractivity contribution is 6.30. The van der Waals surface area contributed by atoms with Crippen LogP contribution in [0.1, 0.15) is 31.5 Å². The Labute approximate surface area is 131 Å². The van der Waals surface area contributed by atoms with Crippen molar-refractivity contribution in [1.82, 2.24) is 15.1 Å². The van der Waals surface area contributed by atoms with Crippen molar-refractivity contribution >= 4 is 17.5 Å². The Morgan fingerprint density at radius 2 is 2.05 bits per heavy atom. The smallest absolute Gasteiger partial charge is 0.244 e. The van der Waals surface area contributed by atoms with Gasteiger partial charge in [0.15, 0.2) is 0 Å². The Bertz CT molecular complexity index is 527. The molecule has 1 amide bonds. The van der Waals surface area contributed by atoms with E-state index < -0.39 is 0 Å². The van der Waals surface area contributed by atoms with E-state index in [9.17, 15) is 4.79 Å². The second-order valence-electron chi connectivity index (χ2n) is 6.07. The van der Waals surface area contributed by atoms with Crippen LogP contribution in [0, 0.1) is 0 Å². The summed E-state index contributed by atoms with van der Waals surface area (Å²) in [4.78, 5) is 16.9. The van der Waals surface area contributed by atoms with Crippen molar-refractivity contribution in [1.29, 1.82) is 0 Å². The van der Waals surface area contributed by atoms with Crippen molar-refractivity contribution in [3.8, 4) is 0 Å². The zero-order valence-corrected chi connectivity index (χ0v) is 13.4. The van der Waals surface area contributed by atoms with Crippen molar-refractivity contribution in [2.45, 2.75) is 31.5 Å². The van der Waals surface area contributed by atoms with E-state index in [-0.39, 0.29) is 17.6 Å². The summed E-state index contributed by atoms with van der Waals surface area (Å²) < 4.78 is 0. The molecule has 1 heterocycles. The van der Waals surface area contributed by atoms with Crippen LogP contribution in [0.5, 0.6) is 0 Å². The fourth-order valence-corrected chi connectivity index (χ4v) is 2.98. The molecular weight excluding hydrogens is 286 g/mol. The van der Waals surface area contributed by atoms with E-state index in [2.05, 4.69) is 24.2 Å². The minimum absolute atomic E-state index is 0.0254. The van der Waals surface area contributed by atoms with Gasteiger partial charge < -0.3 is 9.80 Å². The maximum Gasteiger partial charge on any atom is 0.244 e. The molecule has 1 aliphatic carbocycles. The average molecular weight is 308 g/mol. The van der Waals surface area contributed by atoms with Crippen molar-refractivity contribution in [2.75, 3.05) is 26.7 Å². The van der Waals surface area contributed by atoms with Crippen molar-refractivity contribution in [2.24, 2.45) is 0 Å². The molecule has 1 aromatic carbocycles. The molecule has 1 saturated heterocycles. The Morgan fingerprint density at radius 1 is 1.38 bits per heavy atom. The zero-order chi connectivity index (χ0) is 15.0. The number of nitrogens with one attached hydrogen (secondary N) is 1. The summed E-state index contributed by atoms with van der Waals surface area (Å²) >= 11 is 5.97. The normalized spacial score (nSPS) is 23.3. The lowest BCUT2D eigenvalue weighted by molar-refractivity contribution is -0.131. The Hall–Kier alpha value is -1.10. The molecule has 1 atom stereocenters. The second kappa shape index (κ2) is 5.59. The maximum absolute atomic E-state index is 12.7. The molecule has 5 heteroatoms. The van der Waals surface area contributed by atoms with Gasteiger partial charge in [0.1, 0.15) is 11.7 Å². The number of benzene rings is 1. The molecule has 1 N–H and O–H groups in total. The fraction of sp³-hybridized carbons (Fsp3) is 0.562. The standard InChI is InChI=1S/C16H22ClN3O/c1-3-19(2)10-11-20-14(12-4-6-13(17)7-5-12)18-16(8-9-16)15(20)21/h4-7,14,18H,3,8-11H2,1-2H3. The highest BCUT2D eigenvalue weighted by Crippen LogP contribution is 2.45. The molecule has 0 aromatic heterocycles. The van der Waals surface area contributed by atoms with Gasteiger partial charge in [0.25, 0.3) is 0 Å². The largest absolute Gasteiger partial charge is 0.320 e. The number of hydrogen-bond donors (Lipinski definition) is 1. The summed E-state index contributed by atoms with van der Waals surface area (Å²) in [6, 6.07) is 7.78. The van der Waals surface area contributed by atoms with Gasteiger partial charge >= 0.3 is 0 Å². The Kier molecular flexibility index (Phi) is 3.95. The summed E-state index contributed by atoms with van der Waals surface area (Å²) in [5.74, 6) is 0.256. The highest BCUT2D eigenvalue weighted by atomic mass is 35.5. The minimum Gasteiger partial charge on any atom is -0.320 e. The van der Waals surface area contributed by atoms with E-state index in [0.717, 1.165) is 43.1 Å². The minimum atomic E-state index is -0.283. The van der Waals surface area contributed by atoms with Gasteiger partial charge in [-0.1, -0.05) is 30.7 Å². The number of carbonyl (C=O) groups excluding carboxylic acids is 1. The van der Waals surface area contributed by atoms with Crippen LogP contribution in [0.2, 0.25) is 5.02 Å². The summed E-state index contributed by atoms with van der Waals surface area (Å²) in [6.07, 6.45) is 1.88. The van der Waals surface area contributed by atoms with Gasteiger partial charge in [0.2, 0.25) is 5.91 Å². The topological polar surface area (TPSA) is 35.6 Å². The number of nitrogens with zero attached hydrogens (tertiary/aromatic N) is 2. The van der Waals surface area contributed by atoms with Gasteiger partial charge in [-0.05, 0) is 44.1 Å². The van der Waals surface area contributed by atoms with Gasteiger partial charge in [-0.25, -0.2) is 0 Å². The first-order valence-electron chi connectivity index (χ1n) is 7.58. The third-order valence-corrected chi connectivity index (χ3v) is 4.85. The first-order chi connectivity index (χ1) is 10.1. The summed E-state index contributed by atoms with van der Waals surface area (Å²) in [5.41, 5.74) is 0.824. The first-order valence-corrected chi connectivity index (χ1v) is 7.96. The predicted octanol–water partition coefficient (Wildman–Crippen LogP) is 2.25. The van der Waals surface area contributed by atoms with Crippen LogP contribution in [-0.2, 0) is 4.79 Å². The number of halogens is 1. The van der Waals surface area contributed by atoms with E-state index in [1.165, 1.54) is 0 Å². The third-order valence-electron chi connectivity index (χ3n) is 4.59. The molecule has 1 saturated carbocycles. The van der Waals surface area contributed by atoms with E-state index in [1.54, 1.807) is 0 Å². The molecule has 0 radical (unpaired) electrons. The number of hydrogen-bond acceptors (Lipinski definition) is 3. The van der Waals surface area contributed by atoms with Gasteiger partial charge in [-0.15, -0.1) is 0 Å². The predicted molar refractivity (Wildman–Crippen MR) is 84.2 cm³/mol. The molecule has 114 valence electrons. The van der Waals surface area contributed by atoms with E-state index in [1.807, 2.05) is 29.2 Å². The molecule has 0 bridgehead atoms. The first kappa shape index (κ1) is 14.8. The molecule has 2 aliphatic rings. The Morgan fingerprint density at radius 3 is 2.62 bits per heavy atom. The number of amides is 1. The monoisotopic (exact) mass is 307 g/mol. The van der Waals surface area contributed by atoms with E-state index in [0.29, 0.717) is 0 Å². The summed E-state index contributed by atoms with van der Waals surface area (Å²) in [6.45, 7) is 4.77. The van der Waals surface area contributed by atoms with Crippen molar-refractivity contribution in [3.05, 3.63) is 34.9 Å². The SMILES string of the molecule is CCN(C)CCN1C(=O)C2(CC2)NC1c1ccc(Cl)cc1. The molecule has 3 rings (SSSR count). The zero-order valence-electron chi connectivity index (χ0n) is 12.6. The van der Waals surface area contributed by atoms with Crippen LogP contribution in [-0.4, -0.2) is 47.9 Å². The van der Waals surface area contributed by atoms with Gasteiger partial charge in [-0.3, -0.25) is 10.1 Å². The number of rotatable bonds is 5. The fourth-order valence-electron chi connectivity index (χ4n) is 2.85. The maximum atomic E-state index is 12.7. The molecule has 1 aliphatic heterocycles. The molecule has 1 spiro atoms. The lowest BCUT2D eigenvalue weighted by Crippen LogP contribution is -2.37. The van der Waals surface area contributed by atoms with Crippen LogP contribution in [0.15, 0.2) is 24.3 Å². The van der Waals surface area contributed by atoms with E-state index >= 15 is 0 Å². The second-order valence-corrected chi connectivity index (χ2v) is 6.51. The van der Waals surface area contributed by atoms with Crippen LogP contribution in [0.4, 0.5) is 0 Å². The van der Waals surface area contributed by atoms with E-state index in [4.69, 9.17) is 11.6 Å². The number of likely N-dealkylation sites (N-methyl/N-ethyl adjacent to an activating group) is 1. The Balaban J connectivity index is 1.79. The van der Waals surface area contributed by atoms with Crippen LogP contribution < -0.4 is 5.32 Å². The van der Waals surface area contributed by atoms with Crippen molar-refractivity contribution < 1.29 is 4.79 Å². The quantitative estimate of drug-likeness (QED) is 0.906. The molecule has 1 unspecified atom stereocenters.